The van der Waals surface area contributed by atoms with Crippen molar-refractivity contribution < 1.29 is 18.1 Å². The number of anilines is 1. The SMILES string of the molecule is O=[N+]([O-])c1ccccc1N1CCN(Cc2ccc(C(F)(F)F)cc2)CC1. The monoisotopic (exact) mass is 365 g/mol. The van der Waals surface area contributed by atoms with Crippen LogP contribution in [0.25, 0.3) is 0 Å². The van der Waals surface area contributed by atoms with Crippen LogP contribution in [0, 0.1) is 10.1 Å². The fourth-order valence-corrected chi connectivity index (χ4v) is 3.09. The minimum Gasteiger partial charge on any atom is -0.363 e. The Morgan fingerprint density at radius 2 is 1.58 bits per heavy atom. The van der Waals surface area contributed by atoms with Gasteiger partial charge < -0.3 is 4.90 Å². The van der Waals surface area contributed by atoms with Gasteiger partial charge in [-0.2, -0.15) is 13.2 Å². The van der Waals surface area contributed by atoms with Crippen LogP contribution in [-0.2, 0) is 12.7 Å². The van der Waals surface area contributed by atoms with Crippen LogP contribution in [-0.4, -0.2) is 36.0 Å². The molecule has 2 aromatic rings. The molecule has 8 heteroatoms. The fraction of sp³-hybridized carbons (Fsp3) is 0.333. The van der Waals surface area contributed by atoms with E-state index in [0.717, 1.165) is 17.7 Å². The Morgan fingerprint density at radius 1 is 0.962 bits per heavy atom. The van der Waals surface area contributed by atoms with E-state index in [2.05, 4.69) is 4.90 Å². The number of hydrogen-bond donors (Lipinski definition) is 0. The minimum absolute atomic E-state index is 0.0867. The Morgan fingerprint density at radius 3 is 2.15 bits per heavy atom. The summed E-state index contributed by atoms with van der Waals surface area (Å²) in [6.07, 6.45) is -4.32. The second kappa shape index (κ2) is 7.33. The van der Waals surface area contributed by atoms with Crippen molar-refractivity contribution in [2.24, 2.45) is 0 Å². The van der Waals surface area contributed by atoms with Gasteiger partial charge in [0, 0.05) is 38.8 Å². The molecular weight excluding hydrogens is 347 g/mol. The molecule has 26 heavy (non-hydrogen) atoms. The smallest absolute Gasteiger partial charge is 0.363 e. The van der Waals surface area contributed by atoms with Gasteiger partial charge in [0.25, 0.3) is 5.69 Å². The molecule has 0 bridgehead atoms. The average molecular weight is 365 g/mol. The third-order valence-electron chi connectivity index (χ3n) is 4.48. The molecule has 138 valence electrons. The summed E-state index contributed by atoms with van der Waals surface area (Å²) in [5.41, 5.74) is 0.856. The molecule has 0 aliphatic carbocycles. The Hall–Kier alpha value is -2.61. The van der Waals surface area contributed by atoms with Crippen molar-refractivity contribution in [1.29, 1.82) is 0 Å². The first-order valence-electron chi connectivity index (χ1n) is 8.21. The molecule has 5 nitrogen and oxygen atoms in total. The van der Waals surface area contributed by atoms with E-state index < -0.39 is 11.7 Å². The van der Waals surface area contributed by atoms with Crippen molar-refractivity contribution in [2.45, 2.75) is 12.7 Å². The molecule has 0 amide bonds. The van der Waals surface area contributed by atoms with Gasteiger partial charge in [-0.05, 0) is 23.8 Å². The summed E-state index contributed by atoms with van der Waals surface area (Å²) in [5.74, 6) is 0. The van der Waals surface area contributed by atoms with Gasteiger partial charge in [0.05, 0.1) is 10.5 Å². The number of halogens is 3. The van der Waals surface area contributed by atoms with Crippen LogP contribution in [0.15, 0.2) is 48.5 Å². The van der Waals surface area contributed by atoms with E-state index in [1.54, 1.807) is 18.2 Å². The first-order valence-corrected chi connectivity index (χ1v) is 8.21. The van der Waals surface area contributed by atoms with E-state index in [9.17, 15) is 23.3 Å². The predicted octanol–water partition coefficient (Wildman–Crippen LogP) is 3.94. The Bertz CT molecular complexity index is 770. The highest BCUT2D eigenvalue weighted by molar-refractivity contribution is 5.63. The number of hydrogen-bond acceptors (Lipinski definition) is 4. The average Bonchev–Trinajstić information content (AvgIpc) is 2.62. The normalized spacial score (nSPS) is 15.9. The maximum Gasteiger partial charge on any atom is 0.416 e. The van der Waals surface area contributed by atoms with E-state index >= 15 is 0 Å². The number of piperazine rings is 1. The zero-order chi connectivity index (χ0) is 18.7. The number of alkyl halides is 3. The molecule has 1 saturated heterocycles. The molecule has 1 heterocycles. The van der Waals surface area contributed by atoms with Gasteiger partial charge in [0.15, 0.2) is 0 Å². The van der Waals surface area contributed by atoms with Crippen molar-refractivity contribution in [3.63, 3.8) is 0 Å². The summed E-state index contributed by atoms with van der Waals surface area (Å²) in [6, 6.07) is 11.8. The lowest BCUT2D eigenvalue weighted by atomic mass is 10.1. The number of rotatable bonds is 4. The first kappa shape index (κ1) is 18.2. The lowest BCUT2D eigenvalue weighted by Crippen LogP contribution is -2.46. The molecule has 1 aliphatic heterocycles. The van der Waals surface area contributed by atoms with Crippen molar-refractivity contribution in [1.82, 2.24) is 4.90 Å². The van der Waals surface area contributed by atoms with Crippen LogP contribution in [0.5, 0.6) is 0 Å². The van der Waals surface area contributed by atoms with Crippen LogP contribution >= 0.6 is 0 Å². The maximum absolute atomic E-state index is 12.6. The van der Waals surface area contributed by atoms with E-state index in [-0.39, 0.29) is 10.6 Å². The van der Waals surface area contributed by atoms with Crippen molar-refractivity contribution in [3.8, 4) is 0 Å². The summed E-state index contributed by atoms with van der Waals surface area (Å²) in [6.45, 7) is 3.19. The maximum atomic E-state index is 12.6. The van der Waals surface area contributed by atoms with Crippen molar-refractivity contribution >= 4 is 11.4 Å². The standard InChI is InChI=1S/C18H18F3N3O2/c19-18(20,21)15-7-5-14(6-8-15)13-22-9-11-23(12-10-22)16-3-1-2-4-17(16)24(25)26/h1-8H,9-13H2. The van der Waals surface area contributed by atoms with E-state index in [1.807, 2.05) is 4.90 Å². The van der Waals surface area contributed by atoms with Gasteiger partial charge in [-0.15, -0.1) is 0 Å². The van der Waals surface area contributed by atoms with Gasteiger partial charge in [-0.25, -0.2) is 0 Å². The molecule has 0 atom stereocenters. The van der Waals surface area contributed by atoms with E-state index in [1.165, 1.54) is 18.2 Å². The highest BCUT2D eigenvalue weighted by atomic mass is 19.4. The quantitative estimate of drug-likeness (QED) is 0.608. The largest absolute Gasteiger partial charge is 0.416 e. The second-order valence-corrected chi connectivity index (χ2v) is 6.20. The molecular formula is C18H18F3N3O2. The summed E-state index contributed by atoms with van der Waals surface area (Å²) in [7, 11) is 0. The number of para-hydroxylation sites is 2. The van der Waals surface area contributed by atoms with Gasteiger partial charge >= 0.3 is 6.18 Å². The molecule has 0 aromatic heterocycles. The molecule has 0 N–H and O–H groups in total. The van der Waals surface area contributed by atoms with Crippen LogP contribution in [0.4, 0.5) is 24.5 Å². The number of benzene rings is 2. The molecule has 1 fully saturated rings. The molecule has 1 aliphatic rings. The molecule has 0 radical (unpaired) electrons. The van der Waals surface area contributed by atoms with Crippen LogP contribution in [0.1, 0.15) is 11.1 Å². The topological polar surface area (TPSA) is 49.6 Å². The molecule has 2 aromatic carbocycles. The van der Waals surface area contributed by atoms with Crippen LogP contribution in [0.3, 0.4) is 0 Å². The van der Waals surface area contributed by atoms with E-state index in [4.69, 9.17) is 0 Å². The summed E-state index contributed by atoms with van der Waals surface area (Å²) in [5, 5.41) is 11.2. The first-order chi connectivity index (χ1) is 12.3. The van der Waals surface area contributed by atoms with E-state index in [0.29, 0.717) is 38.4 Å². The molecule has 3 rings (SSSR count). The third kappa shape index (κ3) is 4.13. The van der Waals surface area contributed by atoms with Gasteiger partial charge in [-0.1, -0.05) is 24.3 Å². The van der Waals surface area contributed by atoms with Gasteiger partial charge in [-0.3, -0.25) is 15.0 Å². The summed E-state index contributed by atoms with van der Waals surface area (Å²) in [4.78, 5) is 14.9. The Labute approximate surface area is 148 Å². The fourth-order valence-electron chi connectivity index (χ4n) is 3.09. The zero-order valence-corrected chi connectivity index (χ0v) is 13.9. The van der Waals surface area contributed by atoms with Crippen LogP contribution in [0.2, 0.25) is 0 Å². The lowest BCUT2D eigenvalue weighted by molar-refractivity contribution is -0.384. The van der Waals surface area contributed by atoms with Crippen molar-refractivity contribution in [3.05, 3.63) is 69.8 Å². The molecule has 0 saturated carbocycles. The number of nitrogens with zero attached hydrogens (tertiary/aromatic N) is 3. The van der Waals surface area contributed by atoms with Crippen LogP contribution < -0.4 is 4.90 Å². The minimum atomic E-state index is -4.32. The Kier molecular flexibility index (Phi) is 5.13. The number of nitro groups is 1. The highest BCUT2D eigenvalue weighted by Gasteiger charge is 2.30. The number of nitro benzene ring substituents is 1. The Balaban J connectivity index is 1.60. The summed E-state index contributed by atoms with van der Waals surface area (Å²) < 4.78 is 37.8. The molecule has 0 spiro atoms. The summed E-state index contributed by atoms with van der Waals surface area (Å²) >= 11 is 0. The third-order valence-corrected chi connectivity index (χ3v) is 4.48. The van der Waals surface area contributed by atoms with Crippen molar-refractivity contribution in [2.75, 3.05) is 31.1 Å². The highest BCUT2D eigenvalue weighted by Crippen LogP contribution is 2.30. The molecule has 0 unspecified atom stereocenters. The zero-order valence-electron chi connectivity index (χ0n) is 13.9. The van der Waals surface area contributed by atoms with Gasteiger partial charge in [0.1, 0.15) is 5.69 Å². The second-order valence-electron chi connectivity index (χ2n) is 6.20. The lowest BCUT2D eigenvalue weighted by Gasteiger charge is -2.35. The predicted molar refractivity (Wildman–Crippen MR) is 92.0 cm³/mol. The van der Waals surface area contributed by atoms with Gasteiger partial charge in [0.2, 0.25) is 0 Å².